The van der Waals surface area contributed by atoms with Crippen LogP contribution < -0.4 is 9.62 Å². The normalized spacial score (nSPS) is 15.4. The first-order chi connectivity index (χ1) is 14.7. The molecule has 3 rings (SSSR count). The van der Waals surface area contributed by atoms with Crippen molar-refractivity contribution >= 4 is 39.2 Å². The Bertz CT molecular complexity index is 1050. The van der Waals surface area contributed by atoms with Crippen LogP contribution in [0, 0.1) is 0 Å². The van der Waals surface area contributed by atoms with Gasteiger partial charge in [0.15, 0.2) is 0 Å². The fourth-order valence-corrected chi connectivity index (χ4v) is 4.91. The van der Waals surface area contributed by atoms with Gasteiger partial charge in [0.05, 0.1) is 23.5 Å². The number of halogens is 1. The minimum atomic E-state index is -3.97. The highest BCUT2D eigenvalue weighted by molar-refractivity contribution is 7.89. The molecule has 0 spiro atoms. The maximum Gasteiger partial charge on any atom is 0.308 e. The molecule has 31 heavy (non-hydrogen) atoms. The van der Waals surface area contributed by atoms with E-state index in [9.17, 15) is 18.0 Å². The number of amides is 1. The van der Waals surface area contributed by atoms with E-state index in [-0.39, 0.29) is 23.3 Å². The van der Waals surface area contributed by atoms with Gasteiger partial charge in [-0.2, -0.15) is 0 Å². The molecule has 1 saturated heterocycles. The van der Waals surface area contributed by atoms with Crippen LogP contribution in [0.1, 0.15) is 44.7 Å². The van der Waals surface area contributed by atoms with E-state index < -0.39 is 22.0 Å². The third-order valence-electron chi connectivity index (χ3n) is 4.85. The Balaban J connectivity index is 1.84. The van der Waals surface area contributed by atoms with Crippen LogP contribution in [-0.4, -0.2) is 32.9 Å². The molecule has 2 aromatic carbocycles. The minimum Gasteiger partial charge on any atom is -0.463 e. The van der Waals surface area contributed by atoms with Gasteiger partial charge in [0.2, 0.25) is 15.9 Å². The second-order valence-electron chi connectivity index (χ2n) is 7.58. The average molecular weight is 465 g/mol. The Hall–Kier alpha value is -2.42. The Morgan fingerprint density at radius 1 is 1.16 bits per heavy atom. The molecule has 7 nitrogen and oxygen atoms in total. The molecule has 1 fully saturated rings. The first kappa shape index (κ1) is 23.2. The molecule has 166 valence electrons. The lowest BCUT2D eigenvalue weighted by atomic mass is 10.0. The topological polar surface area (TPSA) is 92.8 Å². The van der Waals surface area contributed by atoms with Crippen molar-refractivity contribution in [2.24, 2.45) is 0 Å². The van der Waals surface area contributed by atoms with Crippen LogP contribution >= 0.6 is 11.6 Å². The van der Waals surface area contributed by atoms with Gasteiger partial charge < -0.3 is 9.64 Å². The van der Waals surface area contributed by atoms with Crippen molar-refractivity contribution in [3.05, 3.63) is 59.1 Å². The van der Waals surface area contributed by atoms with E-state index >= 15 is 0 Å². The number of esters is 1. The maximum absolute atomic E-state index is 13.0. The Labute approximate surface area is 187 Å². The van der Waals surface area contributed by atoms with Crippen molar-refractivity contribution in [1.82, 2.24) is 4.72 Å². The highest BCUT2D eigenvalue weighted by Gasteiger charge is 2.27. The fraction of sp³-hybridized carbons (Fsp3) is 0.364. The van der Waals surface area contributed by atoms with Gasteiger partial charge in [-0.15, -0.1) is 0 Å². The number of sulfonamides is 1. The number of nitrogens with zero attached hydrogens (tertiary/aromatic N) is 1. The van der Waals surface area contributed by atoms with E-state index in [4.69, 9.17) is 16.3 Å². The third-order valence-corrected chi connectivity index (χ3v) is 6.68. The van der Waals surface area contributed by atoms with Gasteiger partial charge in [0, 0.05) is 23.7 Å². The molecule has 1 unspecified atom stereocenters. The Morgan fingerprint density at radius 2 is 1.84 bits per heavy atom. The molecule has 0 aliphatic carbocycles. The fourth-order valence-electron chi connectivity index (χ4n) is 3.43. The van der Waals surface area contributed by atoms with E-state index in [1.54, 1.807) is 55.1 Å². The molecule has 1 aliphatic rings. The van der Waals surface area contributed by atoms with Crippen LogP contribution in [0.2, 0.25) is 5.02 Å². The number of ether oxygens (including phenoxy) is 1. The molecule has 2 aromatic rings. The molecular weight excluding hydrogens is 440 g/mol. The van der Waals surface area contributed by atoms with Crippen molar-refractivity contribution in [2.75, 3.05) is 11.4 Å². The van der Waals surface area contributed by atoms with Gasteiger partial charge in [-0.05, 0) is 56.2 Å². The smallest absolute Gasteiger partial charge is 0.308 e. The van der Waals surface area contributed by atoms with Gasteiger partial charge in [-0.1, -0.05) is 29.8 Å². The first-order valence-corrected chi connectivity index (χ1v) is 11.9. The Morgan fingerprint density at radius 3 is 2.42 bits per heavy atom. The lowest BCUT2D eigenvalue weighted by Crippen LogP contribution is -2.31. The average Bonchev–Trinajstić information content (AvgIpc) is 3.13. The van der Waals surface area contributed by atoms with Gasteiger partial charge in [0.1, 0.15) is 0 Å². The number of hydrogen-bond donors (Lipinski definition) is 1. The van der Waals surface area contributed by atoms with Gasteiger partial charge >= 0.3 is 5.97 Å². The lowest BCUT2D eigenvalue weighted by Gasteiger charge is -2.21. The van der Waals surface area contributed by atoms with Crippen LogP contribution in [0.25, 0.3) is 0 Å². The molecular formula is C22H25ClN2O5S. The molecule has 1 atom stereocenters. The van der Waals surface area contributed by atoms with Crippen LogP contribution in [0.15, 0.2) is 53.4 Å². The molecule has 9 heteroatoms. The largest absolute Gasteiger partial charge is 0.463 e. The zero-order chi connectivity index (χ0) is 22.6. The number of anilines is 1. The number of rotatable bonds is 8. The van der Waals surface area contributed by atoms with Crippen LogP contribution in [-0.2, 0) is 24.3 Å². The lowest BCUT2D eigenvalue weighted by molar-refractivity contribution is -0.147. The summed E-state index contributed by atoms with van der Waals surface area (Å²) in [5, 5.41) is 0.343. The first-order valence-electron chi connectivity index (χ1n) is 10.0. The second-order valence-corrected chi connectivity index (χ2v) is 9.70. The summed E-state index contributed by atoms with van der Waals surface area (Å²) in [5.41, 5.74) is 1.14. The summed E-state index contributed by atoms with van der Waals surface area (Å²) in [5.74, 6) is -0.512. The standard InChI is InChI=1S/C22H25ClN2O5S/c1-15(2)30-22(27)14-20(18-6-3-4-7-19(18)23)24-31(28,29)17-11-9-16(10-12-17)25-13-5-8-21(25)26/h3-4,6-7,9-12,15,20,24H,5,8,13-14H2,1-2H3. The van der Waals surface area contributed by atoms with Crippen molar-refractivity contribution < 1.29 is 22.7 Å². The van der Waals surface area contributed by atoms with E-state index in [0.29, 0.717) is 29.2 Å². The third kappa shape index (κ3) is 5.84. The van der Waals surface area contributed by atoms with E-state index in [0.717, 1.165) is 6.42 Å². The van der Waals surface area contributed by atoms with E-state index in [1.807, 2.05) is 0 Å². The van der Waals surface area contributed by atoms with Gasteiger partial charge in [-0.3, -0.25) is 9.59 Å². The van der Waals surface area contributed by atoms with Crippen LogP contribution in [0.5, 0.6) is 0 Å². The Kier molecular flexibility index (Phi) is 7.35. The summed E-state index contributed by atoms with van der Waals surface area (Å²) in [6, 6.07) is 11.9. The quantitative estimate of drug-likeness (QED) is 0.599. The molecule has 1 N–H and O–H groups in total. The highest BCUT2D eigenvalue weighted by atomic mass is 35.5. The summed E-state index contributed by atoms with van der Waals surface area (Å²) in [6.07, 6.45) is 0.749. The van der Waals surface area contributed by atoms with Crippen molar-refractivity contribution in [3.8, 4) is 0 Å². The predicted octanol–water partition coefficient (Wildman–Crippen LogP) is 3.83. The van der Waals surface area contributed by atoms with Crippen LogP contribution in [0.4, 0.5) is 5.69 Å². The zero-order valence-corrected chi connectivity index (χ0v) is 18.9. The molecule has 0 bridgehead atoms. The highest BCUT2D eigenvalue weighted by Crippen LogP contribution is 2.28. The summed E-state index contributed by atoms with van der Waals surface area (Å²) >= 11 is 6.27. The summed E-state index contributed by atoms with van der Waals surface area (Å²) in [7, 11) is -3.97. The second kappa shape index (κ2) is 9.80. The number of nitrogens with one attached hydrogen (secondary N) is 1. The molecule has 0 saturated carbocycles. The number of hydrogen-bond acceptors (Lipinski definition) is 5. The molecule has 0 aromatic heterocycles. The van der Waals surface area contributed by atoms with Crippen molar-refractivity contribution in [1.29, 1.82) is 0 Å². The monoisotopic (exact) mass is 464 g/mol. The van der Waals surface area contributed by atoms with Crippen molar-refractivity contribution in [2.45, 2.75) is 50.2 Å². The number of benzene rings is 2. The molecule has 0 radical (unpaired) electrons. The number of carbonyl (C=O) groups excluding carboxylic acids is 2. The van der Waals surface area contributed by atoms with Gasteiger partial charge in [0.25, 0.3) is 0 Å². The van der Waals surface area contributed by atoms with E-state index in [1.165, 1.54) is 12.1 Å². The molecule has 1 aliphatic heterocycles. The maximum atomic E-state index is 13.0. The predicted molar refractivity (Wildman–Crippen MR) is 118 cm³/mol. The molecule has 1 heterocycles. The summed E-state index contributed by atoms with van der Waals surface area (Å²) < 4.78 is 33.8. The van der Waals surface area contributed by atoms with Crippen LogP contribution in [0.3, 0.4) is 0 Å². The summed E-state index contributed by atoms with van der Waals surface area (Å²) in [6.45, 7) is 4.06. The van der Waals surface area contributed by atoms with E-state index in [2.05, 4.69) is 4.72 Å². The summed E-state index contributed by atoms with van der Waals surface area (Å²) in [4.78, 5) is 25.8. The number of carbonyl (C=O) groups is 2. The van der Waals surface area contributed by atoms with Crippen molar-refractivity contribution in [3.63, 3.8) is 0 Å². The molecule has 1 amide bonds. The minimum absolute atomic E-state index is 0.0242. The van der Waals surface area contributed by atoms with Gasteiger partial charge in [-0.25, -0.2) is 13.1 Å². The SMILES string of the molecule is CC(C)OC(=O)CC(NS(=O)(=O)c1ccc(N2CCCC2=O)cc1)c1ccccc1Cl. The zero-order valence-electron chi connectivity index (χ0n) is 17.4.